The van der Waals surface area contributed by atoms with Gasteiger partial charge in [-0.2, -0.15) is 17.0 Å². The van der Waals surface area contributed by atoms with Gasteiger partial charge in [0.1, 0.15) is 11.5 Å². The summed E-state index contributed by atoms with van der Waals surface area (Å²) in [5, 5.41) is 3.15. The zero-order valence-electron chi connectivity index (χ0n) is 16.5. The largest absolute Gasteiger partial charge is 0.495 e. The molecule has 1 aromatic carbocycles. The Hall–Kier alpha value is -1.59. The maximum Gasteiger partial charge on any atom is 0.282 e. The molecule has 1 N–H and O–H groups in total. The van der Waals surface area contributed by atoms with Gasteiger partial charge in [-0.05, 0) is 18.9 Å². The van der Waals surface area contributed by atoms with Crippen LogP contribution in [0.2, 0.25) is 5.02 Å². The summed E-state index contributed by atoms with van der Waals surface area (Å²) in [6, 6.07) is 3.15. The highest BCUT2D eigenvalue weighted by atomic mass is 35.5. The molecule has 0 spiro atoms. The van der Waals surface area contributed by atoms with Gasteiger partial charge in [0, 0.05) is 32.2 Å². The molecule has 2 heterocycles. The van der Waals surface area contributed by atoms with Gasteiger partial charge in [-0.15, -0.1) is 0 Å². The van der Waals surface area contributed by atoms with Crippen LogP contribution in [-0.4, -0.2) is 76.5 Å². The van der Waals surface area contributed by atoms with E-state index in [1.807, 2.05) is 0 Å². The van der Waals surface area contributed by atoms with Crippen LogP contribution in [0.4, 0.5) is 5.69 Å². The van der Waals surface area contributed by atoms with Crippen LogP contribution in [0.25, 0.3) is 0 Å². The molecule has 1 atom stereocenters. The van der Waals surface area contributed by atoms with E-state index >= 15 is 0 Å². The van der Waals surface area contributed by atoms with Gasteiger partial charge in [-0.1, -0.05) is 11.6 Å². The first-order valence-corrected chi connectivity index (χ1v) is 11.2. The summed E-state index contributed by atoms with van der Waals surface area (Å²) in [5.41, 5.74) is 0.413. The van der Waals surface area contributed by atoms with Crippen LogP contribution in [0.15, 0.2) is 12.1 Å². The third-order valence-corrected chi connectivity index (χ3v) is 7.41. The van der Waals surface area contributed by atoms with E-state index in [0.29, 0.717) is 67.9 Å². The predicted molar refractivity (Wildman–Crippen MR) is 109 cm³/mol. The fourth-order valence-corrected chi connectivity index (χ4v) is 5.41. The summed E-state index contributed by atoms with van der Waals surface area (Å²) in [7, 11) is -0.636. The number of anilines is 1. The predicted octanol–water partition coefficient (Wildman–Crippen LogP) is 1.58. The highest BCUT2D eigenvalue weighted by Crippen LogP contribution is 2.36. The molecule has 11 heteroatoms. The molecule has 0 aromatic heterocycles. The second-order valence-corrected chi connectivity index (χ2v) is 9.23. The third kappa shape index (κ3) is 4.95. The first-order valence-electron chi connectivity index (χ1n) is 9.42. The van der Waals surface area contributed by atoms with Gasteiger partial charge in [0.15, 0.2) is 0 Å². The van der Waals surface area contributed by atoms with Crippen LogP contribution in [-0.2, 0) is 19.7 Å². The normalized spacial score (nSPS) is 21.6. The van der Waals surface area contributed by atoms with Crippen molar-refractivity contribution in [2.45, 2.75) is 12.8 Å². The topological polar surface area (TPSA) is 97.4 Å². The second kappa shape index (κ2) is 9.48. The number of nitrogens with one attached hydrogen (secondary N) is 1. The number of carbonyl (C=O) groups is 1. The summed E-state index contributed by atoms with van der Waals surface area (Å²) >= 11 is 6.16. The van der Waals surface area contributed by atoms with Gasteiger partial charge < -0.3 is 19.5 Å². The number of carbonyl (C=O) groups excluding carboxylic acids is 1. The standard InChI is InChI=1S/C18H26ClN3O6S/c1-26-16-11-17(27-2)15(10-14(16)19)20-18(23)13-4-3-5-22(12-13)29(24,25)21-6-8-28-9-7-21/h10-11,13H,3-9,12H2,1-2H3,(H,20,23). The van der Waals surface area contributed by atoms with Crippen LogP contribution in [0, 0.1) is 5.92 Å². The average Bonchev–Trinajstić information content (AvgIpc) is 2.74. The van der Waals surface area contributed by atoms with Crippen LogP contribution in [0.3, 0.4) is 0 Å². The molecular formula is C18H26ClN3O6S. The lowest BCUT2D eigenvalue weighted by molar-refractivity contribution is -0.120. The lowest BCUT2D eigenvalue weighted by Gasteiger charge is -2.36. The fourth-order valence-electron chi connectivity index (χ4n) is 3.50. The lowest BCUT2D eigenvalue weighted by atomic mass is 9.98. The van der Waals surface area contributed by atoms with Crippen LogP contribution < -0.4 is 14.8 Å². The molecule has 2 aliphatic heterocycles. The Labute approximate surface area is 176 Å². The van der Waals surface area contributed by atoms with Crippen LogP contribution >= 0.6 is 11.6 Å². The molecule has 1 unspecified atom stereocenters. The lowest BCUT2D eigenvalue weighted by Crippen LogP contribution is -2.52. The zero-order chi connectivity index (χ0) is 21.0. The summed E-state index contributed by atoms with van der Waals surface area (Å²) in [5.74, 6) is 0.103. The number of hydrogen-bond donors (Lipinski definition) is 1. The molecule has 1 amide bonds. The molecule has 9 nitrogen and oxygen atoms in total. The number of piperidine rings is 1. The summed E-state index contributed by atoms with van der Waals surface area (Å²) in [4.78, 5) is 12.9. The fraction of sp³-hybridized carbons (Fsp3) is 0.611. The SMILES string of the molecule is COc1cc(OC)c(NC(=O)C2CCCN(S(=O)(=O)N3CCOCC3)C2)cc1Cl. The number of hydrogen-bond acceptors (Lipinski definition) is 6. The maximum atomic E-state index is 12.9. The van der Waals surface area contributed by atoms with Crippen LogP contribution in [0.1, 0.15) is 12.8 Å². The Morgan fingerprint density at radius 2 is 1.83 bits per heavy atom. The highest BCUT2D eigenvalue weighted by Gasteiger charge is 2.36. The quantitative estimate of drug-likeness (QED) is 0.711. The first kappa shape index (κ1) is 22.1. The number of ether oxygens (including phenoxy) is 3. The number of rotatable bonds is 6. The highest BCUT2D eigenvalue weighted by molar-refractivity contribution is 7.86. The Bertz CT molecular complexity index is 844. The molecule has 2 aliphatic rings. The van der Waals surface area contributed by atoms with Crippen molar-refractivity contribution in [1.29, 1.82) is 0 Å². The van der Waals surface area contributed by atoms with Gasteiger partial charge in [0.2, 0.25) is 5.91 Å². The Balaban J connectivity index is 1.71. The number of nitrogens with zero attached hydrogens (tertiary/aromatic N) is 2. The van der Waals surface area contributed by atoms with E-state index in [9.17, 15) is 13.2 Å². The molecule has 0 saturated carbocycles. The Kier molecular flexibility index (Phi) is 7.23. The van der Waals surface area contributed by atoms with E-state index in [0.717, 1.165) is 0 Å². The minimum absolute atomic E-state index is 0.137. The first-order chi connectivity index (χ1) is 13.9. The molecule has 2 fully saturated rings. The molecule has 2 saturated heterocycles. The van der Waals surface area contributed by atoms with Crippen molar-refractivity contribution in [3.63, 3.8) is 0 Å². The smallest absolute Gasteiger partial charge is 0.282 e. The Morgan fingerprint density at radius 1 is 1.14 bits per heavy atom. The minimum atomic E-state index is -3.61. The maximum absolute atomic E-state index is 12.9. The molecule has 162 valence electrons. The zero-order valence-corrected chi connectivity index (χ0v) is 18.1. The van der Waals surface area contributed by atoms with Gasteiger partial charge in [-0.25, -0.2) is 0 Å². The van der Waals surface area contributed by atoms with Gasteiger partial charge in [0.05, 0.1) is 44.1 Å². The summed E-state index contributed by atoms with van der Waals surface area (Å²) in [6.45, 7) is 1.97. The number of halogens is 1. The monoisotopic (exact) mass is 447 g/mol. The molecule has 0 bridgehead atoms. The van der Waals surface area contributed by atoms with Gasteiger partial charge in [0.25, 0.3) is 10.2 Å². The average molecular weight is 448 g/mol. The van der Waals surface area contributed by atoms with E-state index in [1.165, 1.54) is 22.8 Å². The minimum Gasteiger partial charge on any atom is -0.495 e. The second-order valence-electron chi connectivity index (χ2n) is 6.89. The van der Waals surface area contributed by atoms with E-state index in [-0.39, 0.29) is 12.5 Å². The Morgan fingerprint density at radius 3 is 2.48 bits per heavy atom. The number of morpholine rings is 1. The van der Waals surface area contributed by atoms with Crippen molar-refractivity contribution in [3.05, 3.63) is 17.2 Å². The number of amides is 1. The molecule has 0 aliphatic carbocycles. The third-order valence-electron chi connectivity index (χ3n) is 5.11. The molecular weight excluding hydrogens is 422 g/mol. The van der Waals surface area contributed by atoms with Crippen molar-refractivity contribution in [2.75, 3.05) is 58.9 Å². The number of methoxy groups -OCH3 is 2. The van der Waals surface area contributed by atoms with Crippen molar-refractivity contribution < 1.29 is 27.4 Å². The van der Waals surface area contributed by atoms with Crippen molar-refractivity contribution in [3.8, 4) is 11.5 Å². The van der Waals surface area contributed by atoms with Crippen molar-refractivity contribution in [1.82, 2.24) is 8.61 Å². The summed E-state index contributed by atoms with van der Waals surface area (Å²) in [6.07, 6.45) is 1.22. The summed E-state index contributed by atoms with van der Waals surface area (Å²) < 4.78 is 44.3. The van der Waals surface area contributed by atoms with Crippen molar-refractivity contribution >= 4 is 33.4 Å². The molecule has 3 rings (SSSR count). The van der Waals surface area contributed by atoms with E-state index in [1.54, 1.807) is 12.1 Å². The van der Waals surface area contributed by atoms with Crippen LogP contribution in [0.5, 0.6) is 11.5 Å². The van der Waals surface area contributed by atoms with Gasteiger partial charge >= 0.3 is 0 Å². The van der Waals surface area contributed by atoms with E-state index in [4.69, 9.17) is 25.8 Å². The van der Waals surface area contributed by atoms with E-state index in [2.05, 4.69) is 5.32 Å². The van der Waals surface area contributed by atoms with E-state index < -0.39 is 16.1 Å². The van der Waals surface area contributed by atoms with Gasteiger partial charge in [-0.3, -0.25) is 4.79 Å². The molecule has 0 radical (unpaired) electrons. The van der Waals surface area contributed by atoms with Crippen molar-refractivity contribution in [2.24, 2.45) is 5.92 Å². The molecule has 29 heavy (non-hydrogen) atoms. The number of benzene rings is 1. The molecule has 1 aromatic rings.